The van der Waals surface area contributed by atoms with Crippen LogP contribution in [0.25, 0.3) is 0 Å². The van der Waals surface area contributed by atoms with Gasteiger partial charge in [-0.3, -0.25) is 10.1 Å². The minimum atomic E-state index is -1.14. The van der Waals surface area contributed by atoms with E-state index in [4.69, 9.17) is 5.11 Å². The molecule has 6 nitrogen and oxygen atoms in total. The van der Waals surface area contributed by atoms with Crippen LogP contribution in [0, 0.1) is 17.0 Å². The molecule has 0 fully saturated rings. The highest BCUT2D eigenvalue weighted by Crippen LogP contribution is 2.20. The van der Waals surface area contributed by atoms with Crippen molar-refractivity contribution in [1.82, 2.24) is 0 Å². The van der Waals surface area contributed by atoms with E-state index < -0.39 is 22.0 Å². The van der Waals surface area contributed by atoms with Gasteiger partial charge in [-0.15, -0.1) is 0 Å². The zero-order chi connectivity index (χ0) is 9.30. The van der Waals surface area contributed by atoms with Crippen LogP contribution in [0.15, 0.2) is 15.3 Å². The van der Waals surface area contributed by atoms with E-state index in [1.165, 1.54) is 6.92 Å². The fraction of sp³-hybridized carbons (Fsp3) is 0.167. The number of aryl methyl sites for hydroxylation is 1. The third-order valence-corrected chi connectivity index (χ3v) is 1.21. The molecule has 0 unspecified atom stereocenters. The predicted octanol–water partition coefficient (Wildman–Crippen LogP) is 0.562. The molecule has 0 aliphatic carbocycles. The van der Waals surface area contributed by atoms with Crippen LogP contribution in [-0.4, -0.2) is 10.0 Å². The molecule has 0 radical (unpaired) electrons. The van der Waals surface area contributed by atoms with Crippen LogP contribution in [0.3, 0.4) is 0 Å². The van der Waals surface area contributed by atoms with Crippen LogP contribution in [-0.2, 0) is 0 Å². The van der Waals surface area contributed by atoms with Crippen molar-refractivity contribution >= 4 is 5.69 Å². The molecule has 1 heterocycles. The maximum Gasteiger partial charge on any atom is 0.419 e. The fourth-order valence-electron chi connectivity index (χ4n) is 0.758. The van der Waals surface area contributed by atoms with Crippen LogP contribution in [0.5, 0.6) is 5.75 Å². The number of aromatic hydroxyl groups is 1. The quantitative estimate of drug-likeness (QED) is 0.492. The molecule has 0 spiro atoms. The van der Waals surface area contributed by atoms with E-state index in [1.807, 2.05) is 0 Å². The standard InChI is InChI=1S/C6H5NO5/c1-3-2-4(8)5(7(10)11)6(9)12-3/h2,8H,1H3. The lowest BCUT2D eigenvalue weighted by Crippen LogP contribution is -2.06. The first kappa shape index (κ1) is 8.25. The Kier molecular flexibility index (Phi) is 1.82. The van der Waals surface area contributed by atoms with Crippen LogP contribution < -0.4 is 5.63 Å². The Balaban J connectivity index is 3.49. The molecule has 1 N–H and O–H groups in total. The molecule has 6 heteroatoms. The topological polar surface area (TPSA) is 93.6 Å². The van der Waals surface area contributed by atoms with Crippen molar-refractivity contribution in [1.29, 1.82) is 0 Å². The van der Waals surface area contributed by atoms with Gasteiger partial charge >= 0.3 is 11.3 Å². The van der Waals surface area contributed by atoms with Gasteiger partial charge < -0.3 is 9.52 Å². The van der Waals surface area contributed by atoms with E-state index in [0.717, 1.165) is 6.07 Å². The van der Waals surface area contributed by atoms with Crippen LogP contribution in [0.1, 0.15) is 5.76 Å². The molecular weight excluding hydrogens is 166 g/mol. The Morgan fingerprint density at radius 3 is 2.67 bits per heavy atom. The van der Waals surface area contributed by atoms with E-state index in [9.17, 15) is 14.9 Å². The summed E-state index contributed by atoms with van der Waals surface area (Å²) in [6.07, 6.45) is 0. The lowest BCUT2D eigenvalue weighted by Gasteiger charge is -1.94. The molecule has 1 aromatic heterocycles. The average Bonchev–Trinajstić information content (AvgIpc) is 1.82. The summed E-state index contributed by atoms with van der Waals surface area (Å²) in [7, 11) is 0. The van der Waals surface area contributed by atoms with Crippen molar-refractivity contribution in [3.8, 4) is 5.75 Å². The Labute approximate surface area is 66.2 Å². The monoisotopic (exact) mass is 171 g/mol. The predicted molar refractivity (Wildman–Crippen MR) is 38.0 cm³/mol. The molecule has 0 aliphatic heterocycles. The number of nitrogens with zero attached hydrogens (tertiary/aromatic N) is 1. The summed E-state index contributed by atoms with van der Waals surface area (Å²) in [6.45, 7) is 1.41. The summed E-state index contributed by atoms with van der Waals surface area (Å²) in [6, 6.07) is 1.01. The zero-order valence-electron chi connectivity index (χ0n) is 6.10. The SMILES string of the molecule is Cc1cc(O)c([N+](=O)[O-])c(=O)o1. The second kappa shape index (κ2) is 2.65. The number of rotatable bonds is 1. The summed E-state index contributed by atoms with van der Waals surface area (Å²) in [5.74, 6) is -0.545. The van der Waals surface area contributed by atoms with E-state index in [2.05, 4.69) is 4.42 Å². The maximum atomic E-state index is 10.7. The summed E-state index contributed by atoms with van der Waals surface area (Å²) in [5.41, 5.74) is -2.07. The van der Waals surface area contributed by atoms with E-state index in [-0.39, 0.29) is 5.76 Å². The van der Waals surface area contributed by atoms with Gasteiger partial charge in [0.15, 0.2) is 0 Å². The zero-order valence-corrected chi connectivity index (χ0v) is 6.10. The highest BCUT2D eigenvalue weighted by Gasteiger charge is 2.20. The average molecular weight is 171 g/mol. The Morgan fingerprint density at radius 1 is 1.67 bits per heavy atom. The molecule has 0 saturated heterocycles. The summed E-state index contributed by atoms with van der Waals surface area (Å²) in [5, 5.41) is 19.1. The Morgan fingerprint density at radius 2 is 2.25 bits per heavy atom. The normalized spacial score (nSPS) is 9.75. The minimum Gasteiger partial charge on any atom is -0.502 e. The van der Waals surface area contributed by atoms with Gasteiger partial charge in [0.1, 0.15) is 5.76 Å². The van der Waals surface area contributed by atoms with Crippen LogP contribution in [0.2, 0.25) is 0 Å². The van der Waals surface area contributed by atoms with Crippen molar-refractivity contribution in [2.24, 2.45) is 0 Å². The van der Waals surface area contributed by atoms with Crippen LogP contribution in [0.4, 0.5) is 5.69 Å². The van der Waals surface area contributed by atoms with Crippen molar-refractivity contribution in [3.63, 3.8) is 0 Å². The van der Waals surface area contributed by atoms with Crippen molar-refractivity contribution in [3.05, 3.63) is 32.4 Å². The Bertz CT molecular complexity index is 380. The molecule has 64 valence electrons. The fourth-order valence-corrected chi connectivity index (χ4v) is 0.758. The maximum absolute atomic E-state index is 10.7. The van der Waals surface area contributed by atoms with Gasteiger partial charge in [0.2, 0.25) is 5.75 Å². The molecule has 1 rings (SSSR count). The van der Waals surface area contributed by atoms with E-state index >= 15 is 0 Å². The third kappa shape index (κ3) is 1.26. The minimum absolute atomic E-state index is 0.128. The first-order chi connectivity index (χ1) is 5.52. The molecule has 0 aromatic carbocycles. The smallest absolute Gasteiger partial charge is 0.419 e. The molecule has 0 aliphatic rings. The van der Waals surface area contributed by atoms with Crippen molar-refractivity contribution in [2.75, 3.05) is 0 Å². The molecule has 0 amide bonds. The van der Waals surface area contributed by atoms with Gasteiger partial charge in [-0.05, 0) is 6.92 Å². The largest absolute Gasteiger partial charge is 0.502 e. The van der Waals surface area contributed by atoms with E-state index in [1.54, 1.807) is 0 Å². The number of hydrogen-bond donors (Lipinski definition) is 1. The second-order valence-corrected chi connectivity index (χ2v) is 2.14. The van der Waals surface area contributed by atoms with Crippen LogP contribution >= 0.6 is 0 Å². The summed E-state index contributed by atoms with van der Waals surface area (Å²) in [4.78, 5) is 19.9. The molecule has 0 saturated carbocycles. The van der Waals surface area contributed by atoms with Crippen molar-refractivity contribution < 1.29 is 14.4 Å². The van der Waals surface area contributed by atoms with E-state index in [0.29, 0.717) is 0 Å². The first-order valence-corrected chi connectivity index (χ1v) is 3.00. The number of nitro groups is 1. The van der Waals surface area contributed by atoms with Gasteiger partial charge in [-0.1, -0.05) is 0 Å². The highest BCUT2D eigenvalue weighted by molar-refractivity contribution is 5.41. The van der Waals surface area contributed by atoms with Gasteiger partial charge in [0.05, 0.1) is 4.92 Å². The van der Waals surface area contributed by atoms with Gasteiger partial charge in [0, 0.05) is 6.07 Å². The molecule has 12 heavy (non-hydrogen) atoms. The summed E-state index contributed by atoms with van der Waals surface area (Å²) < 4.78 is 4.39. The molecule has 0 bridgehead atoms. The molecule has 1 aromatic rings. The second-order valence-electron chi connectivity index (χ2n) is 2.14. The lowest BCUT2D eigenvalue weighted by molar-refractivity contribution is -0.388. The van der Waals surface area contributed by atoms with Crippen molar-refractivity contribution in [2.45, 2.75) is 6.92 Å². The van der Waals surface area contributed by atoms with Gasteiger partial charge in [0.25, 0.3) is 0 Å². The van der Waals surface area contributed by atoms with Gasteiger partial charge in [-0.2, -0.15) is 0 Å². The third-order valence-electron chi connectivity index (χ3n) is 1.21. The first-order valence-electron chi connectivity index (χ1n) is 3.00. The lowest BCUT2D eigenvalue weighted by atomic mass is 10.3. The Hall–Kier alpha value is -1.85. The van der Waals surface area contributed by atoms with Gasteiger partial charge in [-0.25, -0.2) is 4.79 Å². The number of hydrogen-bond acceptors (Lipinski definition) is 5. The summed E-state index contributed by atoms with van der Waals surface area (Å²) >= 11 is 0. The molecular formula is C6H5NO5. The highest BCUT2D eigenvalue weighted by atomic mass is 16.6. The molecule has 0 atom stereocenters.